The fourth-order valence-electron chi connectivity index (χ4n) is 9.54. The SMILES string of the molecule is CCCCC/C=C\C/C=C\CCCCCCCCCCCC(=O)OC(COC(=O)CCCCCCCCCCC)COC(=O)CCCCCCCCCCCCCCCC/C=C\C/C=C\C/C=C\CCCCCCC. The van der Waals surface area contributed by atoms with Gasteiger partial charge in [0.25, 0.3) is 0 Å². The lowest BCUT2D eigenvalue weighted by atomic mass is 10.0. The highest BCUT2D eigenvalue weighted by atomic mass is 16.6. The Balaban J connectivity index is 4.14. The smallest absolute Gasteiger partial charge is 0.306 e. The molecule has 0 saturated heterocycles. The molecule has 0 aromatic heterocycles. The summed E-state index contributed by atoms with van der Waals surface area (Å²) in [5, 5.41) is 0. The number of carbonyl (C=O) groups is 3. The fourth-order valence-corrected chi connectivity index (χ4v) is 9.54. The van der Waals surface area contributed by atoms with Gasteiger partial charge in [0.2, 0.25) is 0 Å². The number of unbranched alkanes of at least 4 members (excludes halogenated alkanes) is 39. The maximum absolute atomic E-state index is 12.9. The Labute approximate surface area is 466 Å². The minimum Gasteiger partial charge on any atom is -0.462 e. The Hall–Kier alpha value is -2.89. The van der Waals surface area contributed by atoms with E-state index >= 15 is 0 Å². The molecule has 0 fully saturated rings. The van der Waals surface area contributed by atoms with Gasteiger partial charge in [-0.3, -0.25) is 14.4 Å². The summed E-state index contributed by atoms with van der Waals surface area (Å²) in [6.45, 7) is 6.62. The Morgan fingerprint density at radius 3 is 0.773 bits per heavy atom. The summed E-state index contributed by atoms with van der Waals surface area (Å²) in [5.41, 5.74) is 0. The molecular formula is C69H124O6. The molecule has 0 aliphatic carbocycles. The van der Waals surface area contributed by atoms with Crippen molar-refractivity contribution in [2.24, 2.45) is 0 Å². The van der Waals surface area contributed by atoms with Gasteiger partial charge in [0, 0.05) is 19.3 Å². The average Bonchev–Trinajstić information content (AvgIpc) is 3.41. The van der Waals surface area contributed by atoms with Gasteiger partial charge in [-0.25, -0.2) is 0 Å². The standard InChI is InChI=1S/C69H124O6/c1-4-7-10-13-16-19-21-23-25-27-29-30-31-32-33-34-35-36-37-38-40-41-43-45-47-50-53-56-59-62-68(71)74-65-66(64-73-67(70)61-58-55-52-49-18-15-12-9-6-3)75-69(72)63-60-57-54-51-48-46-44-42-39-28-26-24-22-20-17-14-11-8-5-2/h17,20-21,23-24,26-27,29,31-32,66H,4-16,18-19,22,25,28,30,33-65H2,1-3H3/b20-17-,23-21-,26-24-,29-27-,32-31-. The van der Waals surface area contributed by atoms with Gasteiger partial charge in [0.15, 0.2) is 6.10 Å². The Kier molecular flexibility index (Phi) is 61.2. The van der Waals surface area contributed by atoms with Crippen LogP contribution >= 0.6 is 0 Å². The molecule has 0 heterocycles. The minimum absolute atomic E-state index is 0.0725. The molecule has 436 valence electrons. The van der Waals surface area contributed by atoms with Crippen molar-refractivity contribution in [2.75, 3.05) is 13.2 Å². The van der Waals surface area contributed by atoms with E-state index in [1.807, 2.05) is 0 Å². The van der Waals surface area contributed by atoms with E-state index in [4.69, 9.17) is 14.2 Å². The average molecular weight is 1050 g/mol. The predicted molar refractivity (Wildman–Crippen MR) is 325 cm³/mol. The lowest BCUT2D eigenvalue weighted by molar-refractivity contribution is -0.167. The van der Waals surface area contributed by atoms with Crippen LogP contribution in [0.4, 0.5) is 0 Å². The summed E-state index contributed by atoms with van der Waals surface area (Å²) < 4.78 is 16.9. The Morgan fingerprint density at radius 1 is 0.267 bits per heavy atom. The van der Waals surface area contributed by atoms with E-state index in [0.29, 0.717) is 19.3 Å². The van der Waals surface area contributed by atoms with Crippen molar-refractivity contribution in [3.63, 3.8) is 0 Å². The van der Waals surface area contributed by atoms with Crippen LogP contribution in [0.15, 0.2) is 60.8 Å². The topological polar surface area (TPSA) is 78.9 Å². The number of ether oxygens (including phenoxy) is 3. The van der Waals surface area contributed by atoms with Crippen LogP contribution in [0.5, 0.6) is 0 Å². The third kappa shape index (κ3) is 61.8. The molecule has 6 heteroatoms. The van der Waals surface area contributed by atoms with E-state index in [1.54, 1.807) is 0 Å². The van der Waals surface area contributed by atoms with E-state index in [1.165, 1.54) is 225 Å². The third-order valence-corrected chi connectivity index (χ3v) is 14.5. The maximum atomic E-state index is 12.9. The number of esters is 3. The van der Waals surface area contributed by atoms with Crippen LogP contribution in [0, 0.1) is 0 Å². The first-order valence-electron chi connectivity index (χ1n) is 32.8. The van der Waals surface area contributed by atoms with E-state index in [2.05, 4.69) is 81.5 Å². The highest BCUT2D eigenvalue weighted by Crippen LogP contribution is 2.17. The summed E-state index contributed by atoms with van der Waals surface area (Å²) in [4.78, 5) is 38.2. The Morgan fingerprint density at radius 2 is 0.480 bits per heavy atom. The zero-order valence-electron chi connectivity index (χ0n) is 50.1. The van der Waals surface area contributed by atoms with Gasteiger partial charge in [-0.15, -0.1) is 0 Å². The monoisotopic (exact) mass is 1050 g/mol. The van der Waals surface area contributed by atoms with Crippen molar-refractivity contribution < 1.29 is 28.6 Å². The summed E-state index contributed by atoms with van der Waals surface area (Å²) in [5.74, 6) is -0.863. The van der Waals surface area contributed by atoms with Gasteiger partial charge < -0.3 is 14.2 Å². The molecule has 6 nitrogen and oxygen atoms in total. The van der Waals surface area contributed by atoms with E-state index in [0.717, 1.165) is 77.0 Å². The molecule has 0 spiro atoms. The molecule has 0 aliphatic heterocycles. The van der Waals surface area contributed by atoms with Crippen LogP contribution in [0.1, 0.15) is 342 Å². The number of allylic oxidation sites excluding steroid dienone is 10. The van der Waals surface area contributed by atoms with Gasteiger partial charge >= 0.3 is 17.9 Å². The van der Waals surface area contributed by atoms with Crippen molar-refractivity contribution in [1.82, 2.24) is 0 Å². The second-order valence-corrected chi connectivity index (χ2v) is 22.0. The van der Waals surface area contributed by atoms with Crippen LogP contribution < -0.4 is 0 Å². The normalized spacial score (nSPS) is 12.4. The van der Waals surface area contributed by atoms with Crippen LogP contribution in [0.2, 0.25) is 0 Å². The number of carbonyl (C=O) groups excluding carboxylic acids is 3. The predicted octanol–water partition coefficient (Wildman–Crippen LogP) is 22.3. The minimum atomic E-state index is -0.774. The number of hydrogen-bond donors (Lipinski definition) is 0. The second-order valence-electron chi connectivity index (χ2n) is 22.0. The Bertz CT molecular complexity index is 1340. The molecule has 0 radical (unpaired) electrons. The molecule has 0 saturated carbocycles. The maximum Gasteiger partial charge on any atom is 0.306 e. The molecule has 75 heavy (non-hydrogen) atoms. The van der Waals surface area contributed by atoms with Crippen molar-refractivity contribution in [2.45, 2.75) is 348 Å². The summed E-state index contributed by atoms with van der Waals surface area (Å²) in [7, 11) is 0. The summed E-state index contributed by atoms with van der Waals surface area (Å²) in [6, 6.07) is 0. The molecular weight excluding hydrogens is 925 g/mol. The van der Waals surface area contributed by atoms with Crippen molar-refractivity contribution in [3.05, 3.63) is 60.8 Å². The second kappa shape index (κ2) is 63.6. The summed E-state index contributed by atoms with van der Waals surface area (Å²) >= 11 is 0. The van der Waals surface area contributed by atoms with Gasteiger partial charge in [-0.2, -0.15) is 0 Å². The van der Waals surface area contributed by atoms with Crippen LogP contribution in [-0.4, -0.2) is 37.2 Å². The van der Waals surface area contributed by atoms with Crippen LogP contribution in [-0.2, 0) is 28.6 Å². The first-order chi connectivity index (χ1) is 37.0. The summed E-state index contributed by atoms with van der Waals surface area (Å²) in [6.07, 6.45) is 81.0. The van der Waals surface area contributed by atoms with Gasteiger partial charge in [0.1, 0.15) is 13.2 Å². The largest absolute Gasteiger partial charge is 0.462 e. The van der Waals surface area contributed by atoms with Gasteiger partial charge in [-0.05, 0) is 89.9 Å². The molecule has 0 amide bonds. The lowest BCUT2D eigenvalue weighted by Crippen LogP contribution is -2.30. The fraction of sp³-hybridized carbons (Fsp3) is 0.812. The zero-order chi connectivity index (χ0) is 54.3. The van der Waals surface area contributed by atoms with Crippen molar-refractivity contribution in [1.29, 1.82) is 0 Å². The first kappa shape index (κ1) is 72.1. The molecule has 1 unspecified atom stereocenters. The molecule has 0 aliphatic rings. The number of rotatable bonds is 60. The molecule has 0 rings (SSSR count). The van der Waals surface area contributed by atoms with Crippen molar-refractivity contribution >= 4 is 17.9 Å². The van der Waals surface area contributed by atoms with Gasteiger partial charge in [0.05, 0.1) is 0 Å². The van der Waals surface area contributed by atoms with E-state index in [9.17, 15) is 14.4 Å². The first-order valence-corrected chi connectivity index (χ1v) is 32.8. The van der Waals surface area contributed by atoms with Crippen molar-refractivity contribution in [3.8, 4) is 0 Å². The number of hydrogen-bond acceptors (Lipinski definition) is 6. The highest BCUT2D eigenvalue weighted by Gasteiger charge is 2.19. The molecule has 0 aromatic rings. The molecule has 0 aromatic carbocycles. The van der Waals surface area contributed by atoms with E-state index < -0.39 is 6.10 Å². The molecule has 0 N–H and O–H groups in total. The third-order valence-electron chi connectivity index (χ3n) is 14.5. The highest BCUT2D eigenvalue weighted by molar-refractivity contribution is 5.71. The molecule has 1 atom stereocenters. The zero-order valence-corrected chi connectivity index (χ0v) is 50.1. The van der Waals surface area contributed by atoms with E-state index in [-0.39, 0.29) is 31.1 Å². The molecule has 0 bridgehead atoms. The van der Waals surface area contributed by atoms with Crippen LogP contribution in [0.3, 0.4) is 0 Å². The lowest BCUT2D eigenvalue weighted by Gasteiger charge is -2.18. The quantitative estimate of drug-likeness (QED) is 0.0261. The van der Waals surface area contributed by atoms with Crippen LogP contribution in [0.25, 0.3) is 0 Å². The van der Waals surface area contributed by atoms with Gasteiger partial charge in [-0.1, -0.05) is 293 Å².